The van der Waals surface area contributed by atoms with Crippen LogP contribution in [0.5, 0.6) is 0 Å². The van der Waals surface area contributed by atoms with Crippen LogP contribution in [-0.4, -0.2) is 94.8 Å². The van der Waals surface area contributed by atoms with E-state index < -0.39 is 11.9 Å². The number of rotatable bonds is 6. The van der Waals surface area contributed by atoms with Gasteiger partial charge in [-0.25, -0.2) is 15.0 Å². The summed E-state index contributed by atoms with van der Waals surface area (Å²) in [5.74, 6) is 0.235. The summed E-state index contributed by atoms with van der Waals surface area (Å²) in [7, 11) is 0. The van der Waals surface area contributed by atoms with Crippen molar-refractivity contribution in [2.75, 3.05) is 68.1 Å². The first kappa shape index (κ1) is 25.1. The number of carbonyl (C=O) groups is 2. The Hall–Kier alpha value is -3.54. The van der Waals surface area contributed by atoms with Gasteiger partial charge in [-0.2, -0.15) is 4.98 Å². The van der Waals surface area contributed by atoms with Gasteiger partial charge in [-0.3, -0.25) is 9.59 Å². The van der Waals surface area contributed by atoms with Crippen molar-refractivity contribution in [1.82, 2.24) is 24.8 Å². The number of carbonyl (C=O) groups excluding carboxylic acids is 2. The van der Waals surface area contributed by atoms with E-state index in [4.69, 9.17) is 25.2 Å². The lowest BCUT2D eigenvalue weighted by Crippen LogP contribution is -2.49. The zero-order valence-corrected chi connectivity index (χ0v) is 21.6. The number of nitrogen functional groups attached to an aromatic ring is 1. The van der Waals surface area contributed by atoms with E-state index in [0.717, 1.165) is 42.0 Å². The normalized spacial score (nSPS) is 22.2. The Labute approximate surface area is 216 Å². The largest absolute Gasteiger partial charge is 0.465 e. The van der Waals surface area contributed by atoms with E-state index in [9.17, 15) is 9.59 Å². The predicted molar refractivity (Wildman–Crippen MR) is 137 cm³/mol. The molecule has 0 aliphatic carbocycles. The maximum atomic E-state index is 13.1. The van der Waals surface area contributed by atoms with Crippen molar-refractivity contribution in [3.8, 4) is 11.3 Å². The fourth-order valence-corrected chi connectivity index (χ4v) is 5.37. The Morgan fingerprint density at radius 2 is 1.89 bits per heavy atom. The molecule has 37 heavy (non-hydrogen) atoms. The van der Waals surface area contributed by atoms with E-state index in [1.54, 1.807) is 31.1 Å². The lowest BCUT2D eigenvalue weighted by molar-refractivity contribution is -0.154. The quantitative estimate of drug-likeness (QED) is 0.438. The molecule has 0 aromatic carbocycles. The van der Waals surface area contributed by atoms with Crippen LogP contribution >= 0.6 is 0 Å². The molecule has 2 aromatic heterocycles. The molecule has 3 aliphatic rings. The van der Waals surface area contributed by atoms with Gasteiger partial charge in [-0.05, 0) is 33.6 Å². The molecule has 2 saturated heterocycles. The average Bonchev–Trinajstić information content (AvgIpc) is 3.53. The number of morpholine rings is 1. The van der Waals surface area contributed by atoms with Gasteiger partial charge in [0.2, 0.25) is 17.8 Å². The van der Waals surface area contributed by atoms with Crippen LogP contribution in [0.2, 0.25) is 0 Å². The van der Waals surface area contributed by atoms with Crippen LogP contribution in [0.15, 0.2) is 12.4 Å². The van der Waals surface area contributed by atoms with Gasteiger partial charge in [0.25, 0.3) is 0 Å². The third-order valence-corrected chi connectivity index (χ3v) is 7.48. The molecule has 2 fully saturated rings. The van der Waals surface area contributed by atoms with E-state index in [0.29, 0.717) is 45.3 Å². The number of nitrogens with zero attached hydrogens (tertiary/aromatic N) is 7. The van der Waals surface area contributed by atoms with Crippen molar-refractivity contribution < 1.29 is 19.1 Å². The fourth-order valence-electron chi connectivity index (χ4n) is 5.37. The summed E-state index contributed by atoms with van der Waals surface area (Å²) in [5.41, 5.74) is 8.04. The van der Waals surface area contributed by atoms with Crippen LogP contribution in [0.4, 0.5) is 17.7 Å². The first-order valence-corrected chi connectivity index (χ1v) is 12.9. The highest BCUT2D eigenvalue weighted by molar-refractivity contribution is 5.97. The van der Waals surface area contributed by atoms with Gasteiger partial charge in [0.15, 0.2) is 0 Å². The van der Waals surface area contributed by atoms with Gasteiger partial charge in [-0.1, -0.05) is 0 Å². The summed E-state index contributed by atoms with van der Waals surface area (Å²) in [6.07, 6.45) is 4.93. The van der Waals surface area contributed by atoms with Gasteiger partial charge >= 0.3 is 5.97 Å². The van der Waals surface area contributed by atoms with Crippen molar-refractivity contribution in [2.45, 2.75) is 39.2 Å². The van der Waals surface area contributed by atoms with Crippen LogP contribution in [-0.2, 0) is 25.5 Å². The Bertz CT molecular complexity index is 1170. The molecule has 1 unspecified atom stereocenters. The summed E-state index contributed by atoms with van der Waals surface area (Å²) in [6, 6.07) is 0. The molecule has 5 rings (SSSR count). The topological polar surface area (TPSA) is 140 Å². The molecule has 0 spiro atoms. The molecule has 12 nitrogen and oxygen atoms in total. The molecule has 2 aromatic rings. The number of hydrogen-bond donors (Lipinski definition) is 1. The van der Waals surface area contributed by atoms with Gasteiger partial charge in [0.1, 0.15) is 11.7 Å². The van der Waals surface area contributed by atoms with Gasteiger partial charge in [0.05, 0.1) is 31.1 Å². The number of anilines is 3. The third-order valence-electron chi connectivity index (χ3n) is 7.48. The standard InChI is InChI=1S/C25H34N8O4/c1-4-37-22(35)16(2)21(34)32-8-6-25(3,15-32)33-7-5-18-19(17-13-27-23(26)28-14-17)29-24(30-20(18)33)31-9-11-36-12-10-31/h13-14,16H,4-12,15H2,1-3H3,(H2,26,27,28)/t16?,25-/m0/s1. The van der Waals surface area contributed by atoms with Crippen LogP contribution < -0.4 is 15.5 Å². The van der Waals surface area contributed by atoms with E-state index >= 15 is 0 Å². The Balaban J connectivity index is 1.46. The van der Waals surface area contributed by atoms with Crippen LogP contribution in [0.25, 0.3) is 11.3 Å². The minimum atomic E-state index is -0.819. The Morgan fingerprint density at radius 1 is 1.16 bits per heavy atom. The smallest absolute Gasteiger partial charge is 0.318 e. The zero-order valence-electron chi connectivity index (χ0n) is 21.6. The minimum absolute atomic E-state index is 0.196. The molecular formula is C25H34N8O4. The van der Waals surface area contributed by atoms with Gasteiger partial charge in [0, 0.05) is 56.2 Å². The second kappa shape index (κ2) is 10.1. The number of hydrogen-bond acceptors (Lipinski definition) is 11. The van der Waals surface area contributed by atoms with Crippen molar-refractivity contribution in [2.24, 2.45) is 5.92 Å². The number of amides is 1. The second-order valence-electron chi connectivity index (χ2n) is 9.99. The maximum absolute atomic E-state index is 13.1. The Morgan fingerprint density at radius 3 is 2.59 bits per heavy atom. The SMILES string of the molecule is CCOC(=O)C(C)C(=O)N1CC[C@](C)(N2CCc3c(-c4cnc(N)nc4)nc(N4CCOCC4)nc32)C1. The van der Waals surface area contributed by atoms with Crippen molar-refractivity contribution in [3.05, 3.63) is 18.0 Å². The number of esters is 1. The number of nitrogens with two attached hydrogens (primary N) is 1. The first-order valence-electron chi connectivity index (χ1n) is 12.9. The second-order valence-corrected chi connectivity index (χ2v) is 9.99. The molecular weight excluding hydrogens is 476 g/mol. The molecule has 5 heterocycles. The average molecular weight is 511 g/mol. The monoisotopic (exact) mass is 510 g/mol. The number of likely N-dealkylation sites (tertiary alicyclic amines) is 1. The molecule has 0 bridgehead atoms. The van der Waals surface area contributed by atoms with Gasteiger partial charge in [-0.15, -0.1) is 0 Å². The molecule has 0 saturated carbocycles. The van der Waals surface area contributed by atoms with Crippen molar-refractivity contribution in [3.63, 3.8) is 0 Å². The third kappa shape index (κ3) is 4.77. The van der Waals surface area contributed by atoms with E-state index in [2.05, 4.69) is 26.7 Å². The number of ether oxygens (including phenoxy) is 2. The predicted octanol–water partition coefficient (Wildman–Crippen LogP) is 0.905. The van der Waals surface area contributed by atoms with Crippen molar-refractivity contribution >= 4 is 29.6 Å². The van der Waals surface area contributed by atoms with E-state index in [-0.39, 0.29) is 24.0 Å². The molecule has 0 radical (unpaired) electrons. The molecule has 2 atom stereocenters. The first-order chi connectivity index (χ1) is 17.8. The summed E-state index contributed by atoms with van der Waals surface area (Å²) in [6.45, 7) is 10.3. The van der Waals surface area contributed by atoms with Gasteiger partial charge < -0.3 is 29.9 Å². The highest BCUT2D eigenvalue weighted by Crippen LogP contribution is 2.41. The summed E-state index contributed by atoms with van der Waals surface area (Å²) >= 11 is 0. The summed E-state index contributed by atoms with van der Waals surface area (Å²) in [5, 5.41) is 0. The number of fused-ring (bicyclic) bond motifs is 1. The summed E-state index contributed by atoms with van der Waals surface area (Å²) < 4.78 is 10.6. The fraction of sp³-hybridized carbons (Fsp3) is 0.600. The summed E-state index contributed by atoms with van der Waals surface area (Å²) in [4.78, 5) is 49.8. The highest BCUT2D eigenvalue weighted by Gasteiger charge is 2.46. The lowest BCUT2D eigenvalue weighted by Gasteiger charge is -2.37. The minimum Gasteiger partial charge on any atom is -0.465 e. The maximum Gasteiger partial charge on any atom is 0.318 e. The van der Waals surface area contributed by atoms with Crippen molar-refractivity contribution in [1.29, 1.82) is 0 Å². The van der Waals surface area contributed by atoms with E-state index in [1.165, 1.54) is 0 Å². The molecule has 2 N–H and O–H groups in total. The lowest BCUT2D eigenvalue weighted by atomic mass is 9.99. The Kier molecular flexibility index (Phi) is 6.84. The molecule has 3 aliphatic heterocycles. The molecule has 198 valence electrons. The van der Waals surface area contributed by atoms with Crippen LogP contribution in [0.3, 0.4) is 0 Å². The van der Waals surface area contributed by atoms with Crippen LogP contribution in [0.1, 0.15) is 32.8 Å². The van der Waals surface area contributed by atoms with Crippen LogP contribution in [0, 0.1) is 5.92 Å². The highest BCUT2D eigenvalue weighted by atomic mass is 16.5. The zero-order chi connectivity index (χ0) is 26.2. The molecule has 1 amide bonds. The number of aromatic nitrogens is 4. The van der Waals surface area contributed by atoms with E-state index in [1.807, 2.05) is 0 Å². The molecule has 12 heteroatoms.